The minimum Gasteiger partial charge on any atom is -0.481 e. The molecule has 0 aliphatic heterocycles. The van der Waals surface area contributed by atoms with Gasteiger partial charge in [0.1, 0.15) is 12.6 Å². The van der Waals surface area contributed by atoms with Gasteiger partial charge in [-0.15, -0.1) is 0 Å². The van der Waals surface area contributed by atoms with E-state index in [-0.39, 0.29) is 18.9 Å². The molecule has 1 amide bonds. The van der Waals surface area contributed by atoms with E-state index in [0.717, 1.165) is 22.3 Å². The minimum atomic E-state index is -1.15. The quantitative estimate of drug-likeness (QED) is 0.608. The van der Waals surface area contributed by atoms with Crippen LogP contribution in [0.25, 0.3) is 11.1 Å². The number of carboxylic acids is 1. The van der Waals surface area contributed by atoms with Gasteiger partial charge in [0.2, 0.25) is 5.88 Å². The predicted octanol–water partition coefficient (Wildman–Crippen LogP) is 3.62. The van der Waals surface area contributed by atoms with Crippen LogP contribution in [0.5, 0.6) is 5.88 Å². The van der Waals surface area contributed by atoms with Crippen molar-refractivity contribution in [3.63, 3.8) is 0 Å². The molecular formula is C24H22N2O5. The molecule has 2 N–H and O–H groups in total. The third-order valence-electron chi connectivity index (χ3n) is 5.38. The summed E-state index contributed by atoms with van der Waals surface area (Å²) >= 11 is 0. The normalized spacial score (nSPS) is 13.1. The molecule has 1 aliphatic rings. The Morgan fingerprint density at radius 2 is 1.71 bits per heavy atom. The molecule has 0 saturated heterocycles. The highest BCUT2D eigenvalue weighted by Crippen LogP contribution is 2.44. The number of methoxy groups -OCH3 is 1. The number of nitrogens with zero attached hydrogens (tertiary/aromatic N) is 1. The van der Waals surface area contributed by atoms with Crippen molar-refractivity contribution in [1.82, 2.24) is 10.3 Å². The lowest BCUT2D eigenvalue weighted by Gasteiger charge is -2.17. The highest BCUT2D eigenvalue weighted by Gasteiger charge is 2.29. The summed E-state index contributed by atoms with van der Waals surface area (Å²) in [6, 6.07) is 18.2. The number of nitrogens with one attached hydrogen (secondary N) is 1. The summed E-state index contributed by atoms with van der Waals surface area (Å²) in [7, 11) is 1.48. The molecule has 7 nitrogen and oxygen atoms in total. The van der Waals surface area contributed by atoms with Crippen molar-refractivity contribution in [3.05, 3.63) is 83.6 Å². The van der Waals surface area contributed by atoms with Crippen molar-refractivity contribution in [3.8, 4) is 17.0 Å². The number of ether oxygens (including phenoxy) is 2. The molecule has 0 bridgehead atoms. The third kappa shape index (κ3) is 4.35. The largest absolute Gasteiger partial charge is 0.481 e. The van der Waals surface area contributed by atoms with Crippen LogP contribution in [0, 0.1) is 0 Å². The number of carbonyl (C=O) groups is 2. The zero-order chi connectivity index (χ0) is 21.8. The van der Waals surface area contributed by atoms with Crippen molar-refractivity contribution in [2.75, 3.05) is 13.7 Å². The summed E-state index contributed by atoms with van der Waals surface area (Å²) in [5, 5.41) is 12.0. The van der Waals surface area contributed by atoms with Gasteiger partial charge in [0.05, 0.1) is 7.11 Å². The standard InChI is InChI=1S/C24H22N2O5/c1-30-22-13-15(10-11-25-22)12-21(23(27)28)26-24(29)31-14-20-18-8-4-2-6-16(18)17-7-3-5-9-19(17)20/h2-11,13,20-21H,12,14H2,1H3,(H,26,29)(H,27,28). The van der Waals surface area contributed by atoms with Crippen molar-refractivity contribution < 1.29 is 24.2 Å². The fourth-order valence-corrected chi connectivity index (χ4v) is 3.91. The summed E-state index contributed by atoms with van der Waals surface area (Å²) in [5.74, 6) is -0.863. The number of benzene rings is 2. The van der Waals surface area contributed by atoms with Crippen molar-refractivity contribution in [2.24, 2.45) is 0 Å². The Labute approximate surface area is 179 Å². The van der Waals surface area contributed by atoms with E-state index in [9.17, 15) is 14.7 Å². The lowest BCUT2D eigenvalue weighted by molar-refractivity contribution is -0.139. The molecule has 0 saturated carbocycles. The van der Waals surface area contributed by atoms with Gasteiger partial charge in [0.15, 0.2) is 0 Å². The van der Waals surface area contributed by atoms with Gasteiger partial charge in [0, 0.05) is 24.6 Å². The molecule has 1 aliphatic carbocycles. The molecule has 1 aromatic heterocycles. The number of carboxylic acid groups (broad SMARTS) is 1. The Balaban J connectivity index is 1.43. The first-order chi connectivity index (χ1) is 15.1. The van der Waals surface area contributed by atoms with E-state index < -0.39 is 18.1 Å². The number of hydrogen-bond donors (Lipinski definition) is 2. The van der Waals surface area contributed by atoms with Gasteiger partial charge in [0.25, 0.3) is 0 Å². The Morgan fingerprint density at radius 3 is 2.32 bits per heavy atom. The lowest BCUT2D eigenvalue weighted by atomic mass is 9.98. The summed E-state index contributed by atoms with van der Waals surface area (Å²) in [5.41, 5.74) is 5.12. The van der Waals surface area contributed by atoms with Crippen LogP contribution in [0.3, 0.4) is 0 Å². The Kier molecular flexibility index (Phi) is 5.84. The van der Waals surface area contributed by atoms with Crippen LogP contribution in [0.15, 0.2) is 66.9 Å². The lowest BCUT2D eigenvalue weighted by Crippen LogP contribution is -2.42. The van der Waals surface area contributed by atoms with E-state index in [2.05, 4.69) is 22.4 Å². The highest BCUT2D eigenvalue weighted by atomic mass is 16.5. The second kappa shape index (κ2) is 8.87. The first-order valence-corrected chi connectivity index (χ1v) is 9.90. The van der Waals surface area contributed by atoms with E-state index in [0.29, 0.717) is 11.4 Å². The monoisotopic (exact) mass is 418 g/mol. The molecule has 3 aromatic rings. The van der Waals surface area contributed by atoms with Gasteiger partial charge in [-0.3, -0.25) is 0 Å². The summed E-state index contributed by atoms with van der Waals surface area (Å²) in [6.07, 6.45) is 0.842. The SMILES string of the molecule is COc1cc(CC(NC(=O)OCC2c3ccccc3-c3ccccc32)C(=O)O)ccn1. The number of carbonyl (C=O) groups excluding carboxylic acids is 1. The van der Waals surface area contributed by atoms with E-state index in [4.69, 9.17) is 9.47 Å². The number of hydrogen-bond acceptors (Lipinski definition) is 5. The predicted molar refractivity (Wildman–Crippen MR) is 114 cm³/mol. The number of pyridine rings is 1. The van der Waals surface area contributed by atoms with E-state index >= 15 is 0 Å². The molecule has 1 heterocycles. The molecule has 0 spiro atoms. The molecule has 158 valence electrons. The topological polar surface area (TPSA) is 97.8 Å². The number of fused-ring (bicyclic) bond motifs is 3. The van der Waals surface area contributed by atoms with Crippen LogP contribution in [-0.4, -0.2) is 41.9 Å². The van der Waals surface area contributed by atoms with Crippen LogP contribution in [-0.2, 0) is 16.0 Å². The summed E-state index contributed by atoms with van der Waals surface area (Å²) in [4.78, 5) is 28.1. The van der Waals surface area contributed by atoms with Gasteiger partial charge in [-0.05, 0) is 33.9 Å². The zero-order valence-corrected chi connectivity index (χ0v) is 16.9. The van der Waals surface area contributed by atoms with Crippen LogP contribution < -0.4 is 10.1 Å². The maximum atomic E-state index is 12.4. The second-order valence-electron chi connectivity index (χ2n) is 7.27. The number of alkyl carbamates (subject to hydrolysis) is 1. The smallest absolute Gasteiger partial charge is 0.407 e. The number of rotatable bonds is 7. The van der Waals surface area contributed by atoms with E-state index in [1.807, 2.05) is 36.4 Å². The van der Waals surface area contributed by atoms with Crippen LogP contribution >= 0.6 is 0 Å². The molecular weight excluding hydrogens is 396 g/mol. The number of aliphatic carboxylic acids is 1. The van der Waals surface area contributed by atoms with Crippen molar-refractivity contribution >= 4 is 12.1 Å². The first kappa shape index (κ1) is 20.4. The Bertz CT molecular complexity index is 1070. The van der Waals surface area contributed by atoms with Gasteiger partial charge in [-0.1, -0.05) is 48.5 Å². The van der Waals surface area contributed by atoms with E-state index in [1.54, 1.807) is 12.1 Å². The maximum absolute atomic E-state index is 12.4. The molecule has 0 fully saturated rings. The first-order valence-electron chi connectivity index (χ1n) is 9.90. The van der Waals surface area contributed by atoms with Crippen molar-refractivity contribution in [2.45, 2.75) is 18.4 Å². The fourth-order valence-electron chi connectivity index (χ4n) is 3.91. The van der Waals surface area contributed by atoms with Crippen LogP contribution in [0.4, 0.5) is 4.79 Å². The van der Waals surface area contributed by atoms with Gasteiger partial charge < -0.3 is 19.9 Å². The zero-order valence-electron chi connectivity index (χ0n) is 16.9. The Morgan fingerprint density at radius 1 is 1.06 bits per heavy atom. The minimum absolute atomic E-state index is 0.0818. The fraction of sp³-hybridized carbons (Fsp3) is 0.208. The second-order valence-corrected chi connectivity index (χ2v) is 7.27. The molecule has 0 radical (unpaired) electrons. The van der Waals surface area contributed by atoms with Gasteiger partial charge in [-0.25, -0.2) is 14.6 Å². The molecule has 2 aromatic carbocycles. The third-order valence-corrected chi connectivity index (χ3v) is 5.38. The maximum Gasteiger partial charge on any atom is 0.407 e. The van der Waals surface area contributed by atoms with Crippen molar-refractivity contribution in [1.29, 1.82) is 0 Å². The highest BCUT2D eigenvalue weighted by molar-refractivity contribution is 5.81. The number of aromatic nitrogens is 1. The van der Waals surface area contributed by atoms with E-state index in [1.165, 1.54) is 13.3 Å². The Hall–Kier alpha value is -3.87. The number of amides is 1. The molecule has 7 heteroatoms. The molecule has 1 unspecified atom stereocenters. The summed E-state index contributed by atoms with van der Waals surface area (Å²) in [6.45, 7) is 0.120. The van der Waals surface area contributed by atoms with Gasteiger partial charge >= 0.3 is 12.1 Å². The van der Waals surface area contributed by atoms with Crippen LogP contribution in [0.2, 0.25) is 0 Å². The average Bonchev–Trinajstić information content (AvgIpc) is 3.11. The molecule has 4 rings (SSSR count). The molecule has 1 atom stereocenters. The average molecular weight is 418 g/mol. The van der Waals surface area contributed by atoms with Crippen LogP contribution in [0.1, 0.15) is 22.6 Å². The summed E-state index contributed by atoms with van der Waals surface area (Å²) < 4.78 is 10.5. The van der Waals surface area contributed by atoms with Gasteiger partial charge in [-0.2, -0.15) is 0 Å². The molecule has 31 heavy (non-hydrogen) atoms.